The van der Waals surface area contributed by atoms with Crippen molar-refractivity contribution in [2.45, 2.75) is 45.6 Å². The van der Waals surface area contributed by atoms with E-state index in [1.807, 2.05) is 0 Å². The quantitative estimate of drug-likeness (QED) is 0.874. The first-order chi connectivity index (χ1) is 9.17. The van der Waals surface area contributed by atoms with Crippen molar-refractivity contribution in [2.24, 2.45) is 5.92 Å². The lowest BCUT2D eigenvalue weighted by molar-refractivity contribution is 0.376. The van der Waals surface area contributed by atoms with Crippen LogP contribution in [0.25, 0.3) is 0 Å². The Hall–Kier alpha value is -0.470. The Morgan fingerprint density at radius 1 is 1.16 bits per heavy atom. The molecule has 0 bridgehead atoms. The molecular weight excluding hydrogens is 250 g/mol. The van der Waals surface area contributed by atoms with Gasteiger partial charge in [-0.15, -0.1) is 0 Å². The van der Waals surface area contributed by atoms with Crippen LogP contribution in [0, 0.1) is 19.8 Å². The van der Waals surface area contributed by atoms with Crippen LogP contribution in [0.2, 0.25) is 0 Å². The van der Waals surface area contributed by atoms with Crippen LogP contribution in [-0.4, -0.2) is 24.6 Å². The van der Waals surface area contributed by atoms with Gasteiger partial charge in [0.1, 0.15) is 0 Å². The van der Waals surface area contributed by atoms with Crippen molar-refractivity contribution in [3.05, 3.63) is 34.9 Å². The summed E-state index contributed by atoms with van der Waals surface area (Å²) < 4.78 is 0. The van der Waals surface area contributed by atoms with Gasteiger partial charge in [-0.05, 0) is 69.6 Å². The van der Waals surface area contributed by atoms with E-state index in [4.69, 9.17) is 0 Å². The van der Waals surface area contributed by atoms with Crippen molar-refractivity contribution >= 4 is 11.8 Å². The van der Waals surface area contributed by atoms with Crippen LogP contribution >= 0.6 is 11.8 Å². The average Bonchev–Trinajstić information content (AvgIpc) is 2.38. The third-order valence-electron chi connectivity index (χ3n) is 4.13. The largest absolute Gasteiger partial charge is 0.317 e. The molecule has 0 aliphatic carbocycles. The highest BCUT2D eigenvalue weighted by molar-refractivity contribution is 7.99. The predicted molar refractivity (Wildman–Crippen MR) is 87.1 cm³/mol. The third kappa shape index (κ3) is 4.85. The van der Waals surface area contributed by atoms with E-state index in [1.165, 1.54) is 53.9 Å². The van der Waals surface area contributed by atoms with Crippen LogP contribution < -0.4 is 5.32 Å². The molecule has 19 heavy (non-hydrogen) atoms. The van der Waals surface area contributed by atoms with Gasteiger partial charge in [-0.3, -0.25) is 0 Å². The molecule has 1 nitrogen and oxygen atoms in total. The highest BCUT2D eigenvalue weighted by Crippen LogP contribution is 2.27. The maximum absolute atomic E-state index is 3.53. The summed E-state index contributed by atoms with van der Waals surface area (Å²) in [4.78, 5) is 0. The molecule has 0 saturated carbocycles. The van der Waals surface area contributed by atoms with Crippen LogP contribution in [-0.2, 0) is 6.42 Å². The molecule has 0 amide bonds. The van der Waals surface area contributed by atoms with Crippen molar-refractivity contribution in [3.8, 4) is 0 Å². The standard InChI is InChI=1S/C17H27NS/c1-13-8-14(2)10-16(9-13)12-17(18-3)11-15-4-6-19-7-5-15/h8-10,15,17-18H,4-7,11-12H2,1-3H3. The Morgan fingerprint density at radius 2 is 1.79 bits per heavy atom. The van der Waals surface area contributed by atoms with E-state index in [2.05, 4.69) is 56.2 Å². The summed E-state index contributed by atoms with van der Waals surface area (Å²) >= 11 is 2.12. The average molecular weight is 277 g/mol. The second-order valence-corrected chi connectivity index (χ2v) is 7.20. The molecule has 1 atom stereocenters. The van der Waals surface area contributed by atoms with Gasteiger partial charge in [-0.25, -0.2) is 0 Å². The first kappa shape index (κ1) is 14.9. The fraction of sp³-hybridized carbons (Fsp3) is 0.647. The number of rotatable bonds is 5. The Bertz CT molecular complexity index is 376. The minimum Gasteiger partial charge on any atom is -0.317 e. The van der Waals surface area contributed by atoms with E-state index < -0.39 is 0 Å². The van der Waals surface area contributed by atoms with Crippen LogP contribution in [0.3, 0.4) is 0 Å². The first-order valence-electron chi connectivity index (χ1n) is 7.49. The number of aryl methyl sites for hydroxylation is 2. The van der Waals surface area contributed by atoms with Gasteiger partial charge in [0, 0.05) is 6.04 Å². The molecule has 1 unspecified atom stereocenters. The Balaban J connectivity index is 1.93. The number of hydrogen-bond donors (Lipinski definition) is 1. The van der Waals surface area contributed by atoms with Gasteiger partial charge in [0.15, 0.2) is 0 Å². The van der Waals surface area contributed by atoms with Crippen LogP contribution in [0.4, 0.5) is 0 Å². The van der Waals surface area contributed by atoms with E-state index in [1.54, 1.807) is 0 Å². The predicted octanol–water partition coefficient (Wildman–Crippen LogP) is 3.97. The molecule has 1 aliphatic rings. The summed E-state index contributed by atoms with van der Waals surface area (Å²) in [6.07, 6.45) is 5.33. The summed E-state index contributed by atoms with van der Waals surface area (Å²) in [6, 6.07) is 7.58. The van der Waals surface area contributed by atoms with Gasteiger partial charge in [-0.1, -0.05) is 29.3 Å². The molecule has 1 aliphatic heterocycles. The number of thioether (sulfide) groups is 1. The summed E-state index contributed by atoms with van der Waals surface area (Å²) in [6.45, 7) is 4.40. The first-order valence-corrected chi connectivity index (χ1v) is 8.65. The molecule has 0 radical (unpaired) electrons. The lowest BCUT2D eigenvalue weighted by Gasteiger charge is -2.26. The van der Waals surface area contributed by atoms with E-state index in [0.29, 0.717) is 6.04 Å². The zero-order chi connectivity index (χ0) is 13.7. The number of hydrogen-bond acceptors (Lipinski definition) is 2. The number of nitrogens with one attached hydrogen (secondary N) is 1. The second kappa shape index (κ2) is 7.35. The Kier molecular flexibility index (Phi) is 5.77. The SMILES string of the molecule is CNC(Cc1cc(C)cc(C)c1)CC1CCSCC1. The molecule has 0 spiro atoms. The van der Waals surface area contributed by atoms with Crippen molar-refractivity contribution in [1.29, 1.82) is 0 Å². The Morgan fingerprint density at radius 3 is 2.37 bits per heavy atom. The summed E-state index contributed by atoms with van der Waals surface area (Å²) in [5, 5.41) is 3.53. The van der Waals surface area contributed by atoms with Gasteiger partial charge in [-0.2, -0.15) is 11.8 Å². The summed E-state index contributed by atoms with van der Waals surface area (Å²) in [5.41, 5.74) is 4.26. The van der Waals surface area contributed by atoms with Crippen molar-refractivity contribution in [3.63, 3.8) is 0 Å². The van der Waals surface area contributed by atoms with E-state index in [9.17, 15) is 0 Å². The van der Waals surface area contributed by atoms with Gasteiger partial charge in [0.25, 0.3) is 0 Å². The van der Waals surface area contributed by atoms with Crippen molar-refractivity contribution in [1.82, 2.24) is 5.32 Å². The molecule has 2 heteroatoms. The molecule has 1 saturated heterocycles. The normalized spacial score (nSPS) is 18.5. The fourth-order valence-corrected chi connectivity index (χ4v) is 4.36. The van der Waals surface area contributed by atoms with Crippen molar-refractivity contribution in [2.75, 3.05) is 18.6 Å². The second-order valence-electron chi connectivity index (χ2n) is 5.98. The highest BCUT2D eigenvalue weighted by Gasteiger charge is 2.18. The molecule has 1 aromatic carbocycles. The van der Waals surface area contributed by atoms with E-state index in [0.717, 1.165) is 5.92 Å². The van der Waals surface area contributed by atoms with Crippen molar-refractivity contribution < 1.29 is 0 Å². The molecule has 1 fully saturated rings. The molecule has 2 rings (SSSR count). The van der Waals surface area contributed by atoms with Gasteiger partial charge < -0.3 is 5.32 Å². The Labute approximate surface area is 122 Å². The van der Waals surface area contributed by atoms with E-state index >= 15 is 0 Å². The molecular formula is C17H27NS. The maximum Gasteiger partial charge on any atom is 0.0107 e. The molecule has 106 valence electrons. The molecule has 1 N–H and O–H groups in total. The van der Waals surface area contributed by atoms with E-state index in [-0.39, 0.29) is 0 Å². The molecule has 0 aromatic heterocycles. The summed E-state index contributed by atoms with van der Waals surface area (Å²) in [7, 11) is 2.12. The molecule has 1 aromatic rings. The topological polar surface area (TPSA) is 12.0 Å². The van der Waals surface area contributed by atoms with Gasteiger partial charge in [0.05, 0.1) is 0 Å². The highest BCUT2D eigenvalue weighted by atomic mass is 32.2. The number of benzene rings is 1. The fourth-order valence-electron chi connectivity index (χ4n) is 3.16. The zero-order valence-electron chi connectivity index (χ0n) is 12.5. The summed E-state index contributed by atoms with van der Waals surface area (Å²) in [5.74, 6) is 3.67. The maximum atomic E-state index is 3.53. The monoisotopic (exact) mass is 277 g/mol. The van der Waals surface area contributed by atoms with Crippen LogP contribution in [0.15, 0.2) is 18.2 Å². The minimum absolute atomic E-state index is 0.634. The molecule has 1 heterocycles. The van der Waals surface area contributed by atoms with Crippen LogP contribution in [0.1, 0.15) is 36.0 Å². The van der Waals surface area contributed by atoms with Gasteiger partial charge in [0.2, 0.25) is 0 Å². The van der Waals surface area contributed by atoms with Crippen LogP contribution in [0.5, 0.6) is 0 Å². The lowest BCUT2D eigenvalue weighted by atomic mass is 9.90. The zero-order valence-corrected chi connectivity index (χ0v) is 13.4. The third-order valence-corrected chi connectivity index (χ3v) is 5.18. The lowest BCUT2D eigenvalue weighted by Crippen LogP contribution is -2.31. The number of likely N-dealkylation sites (N-methyl/N-ethyl adjacent to an activating group) is 1. The minimum atomic E-state index is 0.634. The smallest absolute Gasteiger partial charge is 0.0107 e. The van der Waals surface area contributed by atoms with Gasteiger partial charge >= 0.3 is 0 Å².